The molecule has 1 aromatic rings. The molecule has 0 unspecified atom stereocenters. The second-order valence-electron chi connectivity index (χ2n) is 2.79. The van der Waals surface area contributed by atoms with E-state index in [4.69, 9.17) is 0 Å². The maximum atomic E-state index is 11.1. The van der Waals surface area contributed by atoms with Gasteiger partial charge in [0.2, 0.25) is 5.91 Å². The van der Waals surface area contributed by atoms with Crippen molar-refractivity contribution in [3.8, 4) is 0 Å². The van der Waals surface area contributed by atoms with Gasteiger partial charge in [-0.05, 0) is 13.8 Å². The Labute approximate surface area is 76.5 Å². The Morgan fingerprint density at radius 2 is 2.31 bits per heavy atom. The molecule has 1 aromatic heterocycles. The summed E-state index contributed by atoms with van der Waals surface area (Å²) in [5.74, 6) is -0.171. The van der Waals surface area contributed by atoms with Gasteiger partial charge in [-0.3, -0.25) is 9.89 Å². The van der Waals surface area contributed by atoms with Gasteiger partial charge < -0.3 is 10.1 Å². The molecule has 1 heterocycles. The number of nitrogens with one attached hydrogen (secondary N) is 2. The van der Waals surface area contributed by atoms with Crippen molar-refractivity contribution in [2.45, 2.75) is 13.8 Å². The zero-order valence-electron chi connectivity index (χ0n) is 7.97. The number of rotatable bonds is 3. The number of amides is 1. The van der Waals surface area contributed by atoms with Crippen molar-refractivity contribution in [1.82, 2.24) is 10.2 Å². The first-order valence-electron chi connectivity index (χ1n) is 3.95. The lowest BCUT2D eigenvalue weighted by molar-refractivity contribution is -0.119. The Morgan fingerprint density at radius 1 is 1.62 bits per heavy atom. The molecule has 0 spiro atoms. The van der Waals surface area contributed by atoms with Crippen molar-refractivity contribution in [3.05, 3.63) is 11.4 Å². The number of ether oxygens (including phenoxy) is 1. The fourth-order valence-corrected chi connectivity index (χ4v) is 1.04. The van der Waals surface area contributed by atoms with Crippen LogP contribution in [-0.2, 0) is 9.53 Å². The molecule has 0 saturated heterocycles. The molecule has 5 heteroatoms. The van der Waals surface area contributed by atoms with Crippen LogP contribution < -0.4 is 5.32 Å². The highest BCUT2D eigenvalue weighted by Gasteiger charge is 2.08. The van der Waals surface area contributed by atoms with Crippen molar-refractivity contribution >= 4 is 11.6 Å². The fourth-order valence-electron chi connectivity index (χ4n) is 1.04. The summed E-state index contributed by atoms with van der Waals surface area (Å²) < 4.78 is 4.69. The zero-order chi connectivity index (χ0) is 9.84. The minimum absolute atomic E-state index is 0.0596. The van der Waals surface area contributed by atoms with E-state index >= 15 is 0 Å². The fraction of sp³-hybridized carbons (Fsp3) is 0.500. The summed E-state index contributed by atoms with van der Waals surface area (Å²) in [5.41, 5.74) is 2.37. The molecule has 5 nitrogen and oxygen atoms in total. The summed E-state index contributed by atoms with van der Waals surface area (Å²) in [4.78, 5) is 11.1. The first-order chi connectivity index (χ1) is 6.15. The highest BCUT2D eigenvalue weighted by molar-refractivity contribution is 5.92. The van der Waals surface area contributed by atoms with Crippen molar-refractivity contribution in [3.63, 3.8) is 0 Å². The van der Waals surface area contributed by atoms with Gasteiger partial charge in [0.15, 0.2) is 0 Å². The van der Waals surface area contributed by atoms with Crippen molar-refractivity contribution in [1.29, 1.82) is 0 Å². The summed E-state index contributed by atoms with van der Waals surface area (Å²) in [6, 6.07) is 0. The molecule has 0 atom stereocenters. The minimum Gasteiger partial charge on any atom is -0.375 e. The second-order valence-corrected chi connectivity index (χ2v) is 2.79. The van der Waals surface area contributed by atoms with Crippen LogP contribution in [0.25, 0.3) is 0 Å². The zero-order valence-corrected chi connectivity index (χ0v) is 7.97. The number of nitrogens with zero attached hydrogens (tertiary/aromatic N) is 1. The molecule has 0 bridgehead atoms. The Kier molecular flexibility index (Phi) is 3.02. The third kappa shape index (κ3) is 2.29. The highest BCUT2D eigenvalue weighted by Crippen LogP contribution is 2.15. The second kappa shape index (κ2) is 4.04. The Morgan fingerprint density at radius 3 is 2.77 bits per heavy atom. The number of hydrogen-bond donors (Lipinski definition) is 2. The van der Waals surface area contributed by atoms with E-state index in [-0.39, 0.29) is 12.5 Å². The van der Waals surface area contributed by atoms with Crippen LogP contribution in [0.5, 0.6) is 0 Å². The van der Waals surface area contributed by atoms with Gasteiger partial charge in [-0.1, -0.05) is 0 Å². The number of hydrogen-bond acceptors (Lipinski definition) is 3. The number of anilines is 1. The average molecular weight is 183 g/mol. The average Bonchev–Trinajstić information content (AvgIpc) is 2.36. The predicted octanol–water partition coefficient (Wildman–Crippen LogP) is 0.611. The molecule has 13 heavy (non-hydrogen) atoms. The lowest BCUT2D eigenvalue weighted by Crippen LogP contribution is -2.17. The van der Waals surface area contributed by atoms with Gasteiger partial charge in [0.25, 0.3) is 0 Å². The molecule has 0 aromatic carbocycles. The quantitative estimate of drug-likeness (QED) is 0.721. The van der Waals surface area contributed by atoms with Crippen LogP contribution in [0, 0.1) is 13.8 Å². The first-order valence-corrected chi connectivity index (χ1v) is 3.95. The smallest absolute Gasteiger partial charge is 0.250 e. The number of methoxy groups -OCH3 is 1. The monoisotopic (exact) mass is 183 g/mol. The molecule has 1 amide bonds. The van der Waals surface area contributed by atoms with Crippen molar-refractivity contribution in [2.24, 2.45) is 0 Å². The summed E-state index contributed by atoms with van der Waals surface area (Å²) in [6.45, 7) is 3.73. The van der Waals surface area contributed by atoms with Gasteiger partial charge in [0.1, 0.15) is 6.61 Å². The van der Waals surface area contributed by atoms with E-state index in [2.05, 4.69) is 20.3 Å². The maximum Gasteiger partial charge on any atom is 0.250 e. The molecular formula is C8H13N3O2. The maximum absolute atomic E-state index is 11.1. The molecule has 2 N–H and O–H groups in total. The molecule has 0 saturated carbocycles. The topological polar surface area (TPSA) is 67.0 Å². The third-order valence-electron chi connectivity index (χ3n) is 1.67. The standard InChI is InChI=1S/C8H13N3O2/c1-5-8(6(2)11-10-5)9-7(12)4-13-3/h4H2,1-3H3,(H,9,12)(H,10,11). The van der Waals surface area contributed by atoms with Crippen LogP contribution in [0.3, 0.4) is 0 Å². The van der Waals surface area contributed by atoms with Crippen LogP contribution in [0.15, 0.2) is 0 Å². The number of carbonyl (C=O) groups excluding carboxylic acids is 1. The Hall–Kier alpha value is -1.36. The molecule has 0 aliphatic carbocycles. The van der Waals surface area contributed by atoms with Gasteiger partial charge in [0.05, 0.1) is 17.1 Å². The third-order valence-corrected chi connectivity index (χ3v) is 1.67. The number of H-pyrrole nitrogens is 1. The first kappa shape index (κ1) is 9.73. The number of aryl methyl sites for hydroxylation is 2. The Balaban J connectivity index is 2.68. The normalized spacial score (nSPS) is 10.1. The molecule has 0 aliphatic rings. The number of aromatic nitrogens is 2. The van der Waals surface area contributed by atoms with Crippen LogP contribution in [0.2, 0.25) is 0 Å². The van der Waals surface area contributed by atoms with E-state index < -0.39 is 0 Å². The van der Waals surface area contributed by atoms with E-state index in [1.165, 1.54) is 7.11 Å². The van der Waals surface area contributed by atoms with Crippen LogP contribution >= 0.6 is 0 Å². The van der Waals surface area contributed by atoms with Gasteiger partial charge >= 0.3 is 0 Å². The molecule has 0 fully saturated rings. The van der Waals surface area contributed by atoms with E-state index in [1.807, 2.05) is 13.8 Å². The van der Waals surface area contributed by atoms with E-state index in [9.17, 15) is 4.79 Å². The molecule has 72 valence electrons. The predicted molar refractivity (Wildman–Crippen MR) is 48.6 cm³/mol. The molecule has 1 rings (SSSR count). The summed E-state index contributed by atoms with van der Waals surface area (Å²) in [6.07, 6.45) is 0. The van der Waals surface area contributed by atoms with Crippen molar-refractivity contribution in [2.75, 3.05) is 19.0 Å². The minimum atomic E-state index is -0.171. The SMILES string of the molecule is COCC(=O)Nc1c(C)n[nH]c1C. The van der Waals surface area contributed by atoms with E-state index in [0.29, 0.717) is 0 Å². The molecular weight excluding hydrogens is 170 g/mol. The van der Waals surface area contributed by atoms with Crippen molar-refractivity contribution < 1.29 is 9.53 Å². The molecule has 0 radical (unpaired) electrons. The van der Waals surface area contributed by atoms with Gasteiger partial charge in [-0.25, -0.2) is 0 Å². The van der Waals surface area contributed by atoms with Crippen LogP contribution in [0.1, 0.15) is 11.4 Å². The lowest BCUT2D eigenvalue weighted by Gasteiger charge is -2.03. The van der Waals surface area contributed by atoms with Crippen LogP contribution in [-0.4, -0.2) is 29.8 Å². The van der Waals surface area contributed by atoms with Gasteiger partial charge in [0, 0.05) is 7.11 Å². The lowest BCUT2D eigenvalue weighted by atomic mass is 10.3. The number of aromatic amines is 1. The summed E-state index contributed by atoms with van der Waals surface area (Å²) >= 11 is 0. The van der Waals surface area contributed by atoms with Gasteiger partial charge in [-0.2, -0.15) is 5.10 Å². The summed E-state index contributed by atoms with van der Waals surface area (Å²) in [5, 5.41) is 9.43. The van der Waals surface area contributed by atoms with Gasteiger partial charge in [-0.15, -0.1) is 0 Å². The van der Waals surface area contributed by atoms with Crippen LogP contribution in [0.4, 0.5) is 5.69 Å². The van der Waals surface area contributed by atoms with E-state index in [1.54, 1.807) is 0 Å². The van der Waals surface area contributed by atoms with E-state index in [0.717, 1.165) is 17.1 Å². The highest BCUT2D eigenvalue weighted by atomic mass is 16.5. The number of carbonyl (C=O) groups is 1. The summed E-state index contributed by atoms with van der Waals surface area (Å²) in [7, 11) is 1.48. The molecule has 0 aliphatic heterocycles. The largest absolute Gasteiger partial charge is 0.375 e. The Bertz CT molecular complexity index is 287.